The summed E-state index contributed by atoms with van der Waals surface area (Å²) in [7, 11) is 0. The van der Waals surface area contributed by atoms with Gasteiger partial charge in [0.2, 0.25) is 0 Å². The van der Waals surface area contributed by atoms with E-state index in [0.29, 0.717) is 54.3 Å². The summed E-state index contributed by atoms with van der Waals surface area (Å²) in [5, 5.41) is 1.40. The molecule has 2 N–H and O–H groups in total. The molecule has 1 unspecified atom stereocenters. The highest BCUT2D eigenvalue weighted by Crippen LogP contribution is 2.38. The molecule has 0 radical (unpaired) electrons. The smallest absolute Gasteiger partial charge is 0.411 e. The lowest BCUT2D eigenvalue weighted by Crippen LogP contribution is -2.60. The van der Waals surface area contributed by atoms with Gasteiger partial charge in [0, 0.05) is 41.8 Å². The Hall–Kier alpha value is -3.30. The second kappa shape index (κ2) is 10.6. The molecule has 1 aliphatic carbocycles. The minimum absolute atomic E-state index is 0.0821. The standard InChI is InChI=1S/C27H29ClFN5O3/c1-2-12-37-27(36)34-11-10-33(15-23(34)30)26(35)17-6-8-19-22(14-17)32-21-13-16(5-7-18(21)24(19)28)25-20(29)4-3-9-31-25/h3-4,6,8-9,14,16,23H,2,5,7,10-13,15,30H2,1H3/t16?,23-/m0/s1. The molecule has 10 heteroatoms. The summed E-state index contributed by atoms with van der Waals surface area (Å²) < 4.78 is 19.5. The Morgan fingerprint density at radius 2 is 2.11 bits per heavy atom. The first kappa shape index (κ1) is 25.4. The molecule has 1 fully saturated rings. The Morgan fingerprint density at radius 1 is 1.27 bits per heavy atom. The molecule has 2 aromatic heterocycles. The van der Waals surface area contributed by atoms with Crippen molar-refractivity contribution in [2.24, 2.45) is 5.73 Å². The number of piperazine rings is 1. The Bertz CT molecular complexity index is 1350. The van der Waals surface area contributed by atoms with Crippen LogP contribution in [0.5, 0.6) is 0 Å². The predicted octanol–water partition coefficient (Wildman–Crippen LogP) is 4.28. The maximum absolute atomic E-state index is 14.4. The van der Waals surface area contributed by atoms with E-state index in [9.17, 15) is 14.0 Å². The molecule has 2 aliphatic rings. The maximum atomic E-state index is 14.4. The Kier molecular flexibility index (Phi) is 7.26. The first-order valence-corrected chi connectivity index (χ1v) is 12.9. The highest BCUT2D eigenvalue weighted by molar-refractivity contribution is 6.36. The number of rotatable bonds is 4. The van der Waals surface area contributed by atoms with Gasteiger partial charge in [0.05, 0.1) is 29.4 Å². The van der Waals surface area contributed by atoms with Gasteiger partial charge in [-0.1, -0.05) is 24.6 Å². The van der Waals surface area contributed by atoms with Crippen molar-refractivity contribution in [2.45, 2.75) is 44.7 Å². The second-order valence-electron chi connectivity index (χ2n) is 9.52. The average molecular weight is 526 g/mol. The number of hydrogen-bond acceptors (Lipinski definition) is 6. The summed E-state index contributed by atoms with van der Waals surface area (Å²) in [5.41, 5.74) is 9.49. The number of aromatic nitrogens is 2. The number of nitrogens with zero attached hydrogens (tertiary/aromatic N) is 4. The van der Waals surface area contributed by atoms with Crippen molar-refractivity contribution in [3.63, 3.8) is 0 Å². The van der Waals surface area contributed by atoms with Crippen molar-refractivity contribution in [3.05, 3.63) is 69.9 Å². The summed E-state index contributed by atoms with van der Waals surface area (Å²) in [6.45, 7) is 3.10. The topological polar surface area (TPSA) is 102 Å². The molecule has 194 valence electrons. The summed E-state index contributed by atoms with van der Waals surface area (Å²) in [6.07, 6.45) is 3.17. The lowest BCUT2D eigenvalue weighted by Gasteiger charge is -2.38. The number of fused-ring (bicyclic) bond motifs is 2. The van der Waals surface area contributed by atoms with Gasteiger partial charge < -0.3 is 15.4 Å². The highest BCUT2D eigenvalue weighted by Gasteiger charge is 2.32. The van der Waals surface area contributed by atoms with Crippen LogP contribution in [0.4, 0.5) is 9.18 Å². The van der Waals surface area contributed by atoms with Crippen LogP contribution in [-0.4, -0.2) is 64.2 Å². The van der Waals surface area contributed by atoms with E-state index in [1.165, 1.54) is 11.0 Å². The second-order valence-corrected chi connectivity index (χ2v) is 9.90. The van der Waals surface area contributed by atoms with Crippen LogP contribution in [0.1, 0.15) is 53.0 Å². The SMILES string of the molecule is CCCOC(=O)N1CCN(C(=O)c2ccc3c(Cl)c4c(nc3c2)CC(c2ncccc2F)CC4)C[C@H]1N. The Balaban J connectivity index is 1.36. The van der Waals surface area contributed by atoms with Gasteiger partial charge in [0.15, 0.2) is 0 Å². The lowest BCUT2D eigenvalue weighted by atomic mass is 9.84. The molecule has 5 rings (SSSR count). The van der Waals surface area contributed by atoms with Crippen molar-refractivity contribution in [1.82, 2.24) is 19.8 Å². The third-order valence-corrected chi connectivity index (χ3v) is 7.51. The largest absolute Gasteiger partial charge is 0.449 e. The number of amides is 2. The fraction of sp³-hybridized carbons (Fsp3) is 0.407. The molecule has 8 nitrogen and oxygen atoms in total. The molecule has 1 saturated heterocycles. The predicted molar refractivity (Wildman–Crippen MR) is 138 cm³/mol. The van der Waals surface area contributed by atoms with E-state index in [1.54, 1.807) is 29.3 Å². The van der Waals surface area contributed by atoms with E-state index >= 15 is 0 Å². The van der Waals surface area contributed by atoms with Gasteiger partial charge in [-0.25, -0.2) is 9.18 Å². The molecule has 2 amide bonds. The summed E-state index contributed by atoms with van der Waals surface area (Å²) >= 11 is 6.78. The van der Waals surface area contributed by atoms with Crippen LogP contribution in [0.2, 0.25) is 5.02 Å². The van der Waals surface area contributed by atoms with Crippen LogP contribution < -0.4 is 5.73 Å². The summed E-state index contributed by atoms with van der Waals surface area (Å²) in [6, 6.07) is 8.31. The van der Waals surface area contributed by atoms with Crippen molar-refractivity contribution < 1.29 is 18.7 Å². The molecule has 37 heavy (non-hydrogen) atoms. The van der Waals surface area contributed by atoms with E-state index in [2.05, 4.69) is 4.98 Å². The number of carbonyl (C=O) groups excluding carboxylic acids is 2. The Labute approximate surface area is 219 Å². The lowest BCUT2D eigenvalue weighted by molar-refractivity contribution is 0.0390. The van der Waals surface area contributed by atoms with Crippen LogP contribution in [0, 0.1) is 5.82 Å². The quantitative estimate of drug-likeness (QED) is 0.545. The van der Waals surface area contributed by atoms with Crippen molar-refractivity contribution in [1.29, 1.82) is 0 Å². The van der Waals surface area contributed by atoms with Crippen LogP contribution in [0.25, 0.3) is 10.9 Å². The van der Waals surface area contributed by atoms with E-state index < -0.39 is 12.3 Å². The van der Waals surface area contributed by atoms with Gasteiger partial charge in [0.1, 0.15) is 12.0 Å². The zero-order chi connectivity index (χ0) is 26.1. The van der Waals surface area contributed by atoms with E-state index in [0.717, 1.165) is 29.5 Å². The monoisotopic (exact) mass is 525 g/mol. The highest BCUT2D eigenvalue weighted by atomic mass is 35.5. The third kappa shape index (κ3) is 4.98. The van der Waals surface area contributed by atoms with E-state index in [1.807, 2.05) is 13.0 Å². The summed E-state index contributed by atoms with van der Waals surface area (Å²) in [4.78, 5) is 37.7. The van der Waals surface area contributed by atoms with Crippen molar-refractivity contribution in [3.8, 4) is 0 Å². The van der Waals surface area contributed by atoms with Gasteiger partial charge in [-0.3, -0.25) is 19.7 Å². The van der Waals surface area contributed by atoms with Crippen molar-refractivity contribution >= 4 is 34.5 Å². The van der Waals surface area contributed by atoms with Crippen LogP contribution in [0.3, 0.4) is 0 Å². The van der Waals surface area contributed by atoms with E-state index in [4.69, 9.17) is 27.1 Å². The number of hydrogen-bond donors (Lipinski definition) is 1. The molecule has 3 aromatic rings. The number of ether oxygens (including phenoxy) is 1. The van der Waals surface area contributed by atoms with Crippen LogP contribution in [-0.2, 0) is 17.6 Å². The Morgan fingerprint density at radius 3 is 2.86 bits per heavy atom. The normalized spacial score (nSPS) is 19.6. The molecular weight excluding hydrogens is 497 g/mol. The number of nitrogens with two attached hydrogens (primary N) is 1. The number of pyridine rings is 2. The molecule has 1 aliphatic heterocycles. The van der Waals surface area contributed by atoms with Crippen molar-refractivity contribution in [2.75, 3.05) is 26.2 Å². The minimum atomic E-state index is -0.647. The van der Waals surface area contributed by atoms with Crippen LogP contribution >= 0.6 is 11.6 Å². The van der Waals surface area contributed by atoms with Gasteiger partial charge in [0.25, 0.3) is 5.91 Å². The number of carbonyl (C=O) groups is 2. The van der Waals surface area contributed by atoms with Gasteiger partial charge in [-0.2, -0.15) is 0 Å². The zero-order valence-corrected chi connectivity index (χ0v) is 21.4. The molecule has 0 saturated carbocycles. The third-order valence-electron chi connectivity index (χ3n) is 7.08. The minimum Gasteiger partial charge on any atom is -0.449 e. The first-order chi connectivity index (χ1) is 17.9. The molecule has 0 spiro atoms. The fourth-order valence-corrected chi connectivity index (χ4v) is 5.49. The molecule has 3 heterocycles. The van der Waals surface area contributed by atoms with E-state index in [-0.39, 0.29) is 24.2 Å². The van der Waals surface area contributed by atoms with Crippen LogP contribution in [0.15, 0.2) is 36.5 Å². The first-order valence-electron chi connectivity index (χ1n) is 12.6. The molecule has 0 bridgehead atoms. The van der Waals surface area contributed by atoms with Gasteiger partial charge >= 0.3 is 6.09 Å². The van der Waals surface area contributed by atoms with Gasteiger partial charge in [-0.15, -0.1) is 0 Å². The fourth-order valence-electron chi connectivity index (χ4n) is 5.13. The average Bonchev–Trinajstić information content (AvgIpc) is 2.91. The molecule has 1 aromatic carbocycles. The maximum Gasteiger partial charge on any atom is 0.411 e. The number of benzene rings is 1. The number of halogens is 2. The zero-order valence-electron chi connectivity index (χ0n) is 20.6. The molecule has 2 atom stereocenters. The van der Waals surface area contributed by atoms with Gasteiger partial charge in [-0.05, 0) is 55.5 Å². The summed E-state index contributed by atoms with van der Waals surface area (Å²) in [5.74, 6) is -0.586. The molecular formula is C27H29ClFN5O3.